The zero-order chi connectivity index (χ0) is 24.6. The molecule has 0 radical (unpaired) electrons. The maximum atomic E-state index is 13.6. The molecule has 5 rings (SSSR count). The lowest BCUT2D eigenvalue weighted by Gasteiger charge is -2.55. The highest BCUT2D eigenvalue weighted by atomic mass is 16.5. The summed E-state index contributed by atoms with van der Waals surface area (Å²) in [6.07, 6.45) is 1.22. The Morgan fingerprint density at radius 2 is 1.51 bits per heavy atom. The Kier molecular flexibility index (Phi) is 5.88. The molecule has 2 atom stereocenters. The second-order valence-corrected chi connectivity index (χ2v) is 8.53. The van der Waals surface area contributed by atoms with Gasteiger partial charge in [-0.2, -0.15) is 0 Å². The monoisotopic (exact) mass is 469 g/mol. The Balaban J connectivity index is 1.84. The quantitative estimate of drug-likeness (QED) is 0.512. The molecule has 3 aromatic carbocycles. The number of fused-ring (bicyclic) bond motifs is 3. The van der Waals surface area contributed by atoms with E-state index in [4.69, 9.17) is 9.47 Å². The van der Waals surface area contributed by atoms with E-state index in [1.807, 2.05) is 103 Å². The first kappa shape index (κ1) is 22.8. The van der Waals surface area contributed by atoms with Gasteiger partial charge in [-0.1, -0.05) is 60.7 Å². The van der Waals surface area contributed by atoms with Gasteiger partial charge < -0.3 is 14.4 Å². The maximum absolute atomic E-state index is 13.6. The molecule has 178 valence electrons. The highest BCUT2D eigenvalue weighted by Crippen LogP contribution is 2.53. The number of benzene rings is 3. The fourth-order valence-corrected chi connectivity index (χ4v) is 5.05. The first-order valence-corrected chi connectivity index (χ1v) is 11.4. The molecule has 0 spiro atoms. The summed E-state index contributed by atoms with van der Waals surface area (Å²) >= 11 is 0. The Labute approximate surface area is 204 Å². The lowest BCUT2D eigenvalue weighted by atomic mass is 9.74. The van der Waals surface area contributed by atoms with Crippen molar-refractivity contribution in [2.45, 2.75) is 11.6 Å². The number of hydrogen-bond acceptors (Lipinski definition) is 5. The van der Waals surface area contributed by atoms with Crippen LogP contribution in [0.2, 0.25) is 0 Å². The molecule has 7 heteroatoms. The lowest BCUT2D eigenvalue weighted by Crippen LogP contribution is -2.72. The number of amides is 2. The van der Waals surface area contributed by atoms with Crippen LogP contribution in [-0.4, -0.2) is 45.8 Å². The van der Waals surface area contributed by atoms with Crippen LogP contribution in [0.25, 0.3) is 0 Å². The molecule has 0 N–H and O–H groups in total. The van der Waals surface area contributed by atoms with Gasteiger partial charge in [0.2, 0.25) is 0 Å². The zero-order valence-electron chi connectivity index (χ0n) is 19.9. The topological polar surface area (TPSA) is 62.3 Å². The summed E-state index contributed by atoms with van der Waals surface area (Å²) in [7, 11) is 4.95. The summed E-state index contributed by atoms with van der Waals surface area (Å²) in [5.41, 5.74) is 2.06. The van der Waals surface area contributed by atoms with Gasteiger partial charge in [0.1, 0.15) is 18.0 Å². The SMILES string of the molecule is COCC(=O)N1C(N(C)c2ccccc2)=CC2(c3ccccc3)C(OC)C(=O)N2c2ccccc21. The van der Waals surface area contributed by atoms with Crippen LogP contribution in [0.1, 0.15) is 5.56 Å². The minimum Gasteiger partial charge on any atom is -0.375 e. The van der Waals surface area contributed by atoms with Crippen molar-refractivity contribution in [2.75, 3.05) is 42.6 Å². The van der Waals surface area contributed by atoms with Crippen LogP contribution in [0.3, 0.4) is 0 Å². The summed E-state index contributed by atoms with van der Waals surface area (Å²) < 4.78 is 11.0. The standard InChI is InChI=1S/C28H27N3O4/c1-29(21-14-8-5-9-15-21)24-18-28(20-12-6-4-7-13-20)26(35-3)27(33)31(28)23-17-11-10-16-22(23)30(24)25(32)19-34-2/h4-18,26H,19H2,1-3H3. The van der Waals surface area contributed by atoms with Gasteiger partial charge in [-0.15, -0.1) is 0 Å². The van der Waals surface area contributed by atoms with Gasteiger partial charge in [0, 0.05) is 27.0 Å². The summed E-state index contributed by atoms with van der Waals surface area (Å²) in [5.74, 6) is 0.190. The van der Waals surface area contributed by atoms with E-state index >= 15 is 0 Å². The fraction of sp³-hybridized carbons (Fsp3) is 0.214. The molecule has 1 saturated heterocycles. The van der Waals surface area contributed by atoms with Crippen LogP contribution in [0.5, 0.6) is 0 Å². The predicted molar refractivity (Wildman–Crippen MR) is 135 cm³/mol. The average molecular weight is 470 g/mol. The van der Waals surface area contributed by atoms with E-state index in [0.717, 1.165) is 11.3 Å². The summed E-state index contributed by atoms with van der Waals surface area (Å²) in [5, 5.41) is 0. The largest absolute Gasteiger partial charge is 0.375 e. The highest BCUT2D eigenvalue weighted by Gasteiger charge is 2.63. The molecule has 0 bridgehead atoms. The second kappa shape index (κ2) is 9.02. The van der Waals surface area contributed by atoms with Crippen molar-refractivity contribution < 1.29 is 19.1 Å². The molecule has 2 unspecified atom stereocenters. The van der Waals surface area contributed by atoms with Crippen molar-refractivity contribution in [1.29, 1.82) is 0 Å². The van der Waals surface area contributed by atoms with E-state index in [2.05, 4.69) is 0 Å². The molecule has 0 saturated carbocycles. The van der Waals surface area contributed by atoms with Gasteiger partial charge >= 0.3 is 0 Å². The number of ether oxygens (including phenoxy) is 2. The molecule has 1 fully saturated rings. The van der Waals surface area contributed by atoms with E-state index < -0.39 is 11.6 Å². The van der Waals surface area contributed by atoms with Crippen LogP contribution in [0, 0.1) is 0 Å². The van der Waals surface area contributed by atoms with E-state index in [0.29, 0.717) is 17.2 Å². The first-order chi connectivity index (χ1) is 17.0. The van der Waals surface area contributed by atoms with Gasteiger partial charge in [-0.3, -0.25) is 19.4 Å². The molecule has 2 aliphatic rings. The van der Waals surface area contributed by atoms with Crippen LogP contribution < -0.4 is 14.7 Å². The van der Waals surface area contributed by atoms with Gasteiger partial charge in [-0.05, 0) is 35.9 Å². The van der Waals surface area contributed by atoms with Crippen LogP contribution in [0.15, 0.2) is 96.8 Å². The number of para-hydroxylation sites is 3. The molecule has 0 aliphatic carbocycles. The number of anilines is 3. The van der Waals surface area contributed by atoms with Crippen molar-refractivity contribution in [2.24, 2.45) is 0 Å². The number of carbonyl (C=O) groups excluding carboxylic acids is 2. The van der Waals surface area contributed by atoms with E-state index in [9.17, 15) is 9.59 Å². The first-order valence-electron chi connectivity index (χ1n) is 11.4. The Hall–Kier alpha value is -3.94. The second-order valence-electron chi connectivity index (χ2n) is 8.53. The number of methoxy groups -OCH3 is 2. The summed E-state index contributed by atoms with van der Waals surface area (Å²) in [6, 6.07) is 27.0. The van der Waals surface area contributed by atoms with Crippen LogP contribution >= 0.6 is 0 Å². The normalized spacial score (nSPS) is 20.8. The Morgan fingerprint density at radius 1 is 0.914 bits per heavy atom. The predicted octanol–water partition coefficient (Wildman–Crippen LogP) is 3.91. The Morgan fingerprint density at radius 3 is 2.14 bits per heavy atom. The minimum atomic E-state index is -0.955. The summed E-state index contributed by atoms with van der Waals surface area (Å²) in [4.78, 5) is 32.4. The number of rotatable bonds is 6. The third-order valence-corrected chi connectivity index (χ3v) is 6.63. The maximum Gasteiger partial charge on any atom is 0.260 e. The lowest BCUT2D eigenvalue weighted by molar-refractivity contribution is -0.144. The van der Waals surface area contributed by atoms with Crippen LogP contribution in [0.4, 0.5) is 17.1 Å². The van der Waals surface area contributed by atoms with Crippen molar-refractivity contribution in [1.82, 2.24) is 0 Å². The molecule has 2 heterocycles. The smallest absolute Gasteiger partial charge is 0.260 e. The number of carbonyl (C=O) groups is 2. The van der Waals surface area contributed by atoms with Gasteiger partial charge in [-0.25, -0.2) is 0 Å². The average Bonchev–Trinajstić information content (AvgIpc) is 3.00. The number of nitrogens with zero attached hydrogens (tertiary/aromatic N) is 3. The van der Waals surface area contributed by atoms with Gasteiger partial charge in [0.25, 0.3) is 11.8 Å². The van der Waals surface area contributed by atoms with E-state index in [1.165, 1.54) is 7.11 Å². The molecule has 2 amide bonds. The summed E-state index contributed by atoms with van der Waals surface area (Å²) in [6.45, 7) is -0.117. The highest BCUT2D eigenvalue weighted by molar-refractivity contribution is 6.13. The van der Waals surface area contributed by atoms with Crippen LogP contribution in [-0.2, 0) is 24.6 Å². The molecule has 35 heavy (non-hydrogen) atoms. The number of hydrogen-bond donors (Lipinski definition) is 0. The van der Waals surface area contributed by atoms with Gasteiger partial charge in [0.15, 0.2) is 6.10 Å². The molecule has 3 aromatic rings. The number of β-lactam (4-membered cyclic amide) rings is 1. The molecular formula is C28H27N3O4. The Bertz CT molecular complexity index is 1280. The molecule has 7 nitrogen and oxygen atoms in total. The third kappa shape index (κ3) is 3.43. The molecule has 2 aliphatic heterocycles. The third-order valence-electron chi connectivity index (χ3n) is 6.63. The van der Waals surface area contributed by atoms with Crippen molar-refractivity contribution >= 4 is 28.9 Å². The fourth-order valence-electron chi connectivity index (χ4n) is 5.05. The molecule has 0 aromatic heterocycles. The van der Waals surface area contributed by atoms with Crippen molar-refractivity contribution in [3.8, 4) is 0 Å². The van der Waals surface area contributed by atoms with E-state index in [-0.39, 0.29) is 18.4 Å². The zero-order valence-corrected chi connectivity index (χ0v) is 19.9. The van der Waals surface area contributed by atoms with Gasteiger partial charge in [0.05, 0.1) is 11.4 Å². The molecular weight excluding hydrogens is 442 g/mol. The van der Waals surface area contributed by atoms with Crippen molar-refractivity contribution in [3.63, 3.8) is 0 Å². The minimum absolute atomic E-state index is 0.117. The van der Waals surface area contributed by atoms with E-state index in [1.54, 1.807) is 16.9 Å². The van der Waals surface area contributed by atoms with Crippen molar-refractivity contribution in [3.05, 3.63) is 102 Å².